The Morgan fingerprint density at radius 3 is 1.96 bits per heavy atom. The van der Waals surface area contributed by atoms with Crippen LogP contribution in [0.5, 0.6) is 0 Å². The van der Waals surface area contributed by atoms with Crippen LogP contribution in [-0.2, 0) is 0 Å². The summed E-state index contributed by atoms with van der Waals surface area (Å²) >= 11 is 5.40. The molecule has 0 bridgehead atoms. The van der Waals surface area contributed by atoms with Crippen molar-refractivity contribution in [3.8, 4) is 0 Å². The summed E-state index contributed by atoms with van der Waals surface area (Å²) in [6.07, 6.45) is 0. The minimum absolute atomic E-state index is 0.259. The van der Waals surface area contributed by atoms with Gasteiger partial charge in [0.25, 0.3) is 0 Å². The first-order chi connectivity index (χ1) is 12.6. The minimum Gasteiger partial charge on any atom is -0.354 e. The zero-order valence-corrected chi connectivity index (χ0v) is 14.9. The molecule has 0 fully saturated rings. The Bertz CT molecular complexity index is 855. The molecule has 132 valence electrons. The number of anilines is 1. The van der Waals surface area contributed by atoms with E-state index in [9.17, 15) is 4.39 Å². The number of nitrogens with two attached hydrogens (primary N) is 1. The van der Waals surface area contributed by atoms with E-state index in [1.165, 1.54) is 6.07 Å². The van der Waals surface area contributed by atoms with E-state index in [4.69, 9.17) is 18.0 Å². The first kappa shape index (κ1) is 18.0. The molecule has 0 saturated carbocycles. The number of hydrogen-bond donors (Lipinski definition) is 3. The number of benzene rings is 3. The average Bonchev–Trinajstić information content (AvgIpc) is 2.69. The summed E-state index contributed by atoms with van der Waals surface area (Å²) in [6.45, 7) is 0. The lowest BCUT2D eigenvalue weighted by atomic mass is 9.94. The largest absolute Gasteiger partial charge is 0.354 e. The van der Waals surface area contributed by atoms with E-state index in [1.54, 1.807) is 18.2 Å². The van der Waals surface area contributed by atoms with Crippen molar-refractivity contribution in [2.24, 2.45) is 5.73 Å². The van der Waals surface area contributed by atoms with Crippen molar-refractivity contribution in [3.63, 3.8) is 0 Å². The van der Waals surface area contributed by atoms with Crippen LogP contribution in [0.3, 0.4) is 0 Å². The summed E-state index contributed by atoms with van der Waals surface area (Å²) in [5.41, 5.74) is 8.83. The molecule has 0 saturated heterocycles. The SMILES string of the molecule is NC(c1ccccc1)C(NC(=S)Nc1ccccc1F)c1ccccc1. The van der Waals surface area contributed by atoms with Gasteiger partial charge in [-0.1, -0.05) is 72.8 Å². The second-order valence-corrected chi connectivity index (χ2v) is 6.31. The second-order valence-electron chi connectivity index (χ2n) is 5.90. The van der Waals surface area contributed by atoms with Crippen molar-refractivity contribution in [3.05, 3.63) is 102 Å². The first-order valence-electron chi connectivity index (χ1n) is 8.32. The molecule has 0 radical (unpaired) electrons. The first-order valence-corrected chi connectivity index (χ1v) is 8.73. The van der Waals surface area contributed by atoms with Crippen molar-refractivity contribution in [2.45, 2.75) is 12.1 Å². The minimum atomic E-state index is -0.361. The molecule has 5 heteroatoms. The number of hydrogen-bond acceptors (Lipinski definition) is 2. The second kappa shape index (κ2) is 8.56. The van der Waals surface area contributed by atoms with Gasteiger partial charge in [0.1, 0.15) is 5.82 Å². The Hall–Kier alpha value is -2.76. The molecule has 0 aromatic heterocycles. The van der Waals surface area contributed by atoms with Crippen LogP contribution in [0.1, 0.15) is 23.2 Å². The smallest absolute Gasteiger partial charge is 0.171 e. The van der Waals surface area contributed by atoms with Crippen LogP contribution in [0.25, 0.3) is 0 Å². The third kappa shape index (κ3) is 4.45. The highest BCUT2D eigenvalue weighted by Gasteiger charge is 2.22. The topological polar surface area (TPSA) is 50.1 Å². The molecule has 0 spiro atoms. The Morgan fingerprint density at radius 2 is 1.35 bits per heavy atom. The van der Waals surface area contributed by atoms with E-state index in [1.807, 2.05) is 60.7 Å². The summed E-state index contributed by atoms with van der Waals surface area (Å²) < 4.78 is 13.9. The summed E-state index contributed by atoms with van der Waals surface area (Å²) in [5, 5.41) is 6.46. The molecule has 0 aliphatic rings. The van der Waals surface area contributed by atoms with Crippen molar-refractivity contribution < 1.29 is 4.39 Å². The van der Waals surface area contributed by atoms with E-state index in [0.717, 1.165) is 11.1 Å². The predicted octanol–water partition coefficient (Wildman–Crippen LogP) is 4.55. The van der Waals surface area contributed by atoms with Gasteiger partial charge in [-0.05, 0) is 35.5 Å². The molecule has 0 aliphatic heterocycles. The van der Waals surface area contributed by atoms with Gasteiger partial charge in [-0.25, -0.2) is 4.39 Å². The fourth-order valence-electron chi connectivity index (χ4n) is 2.77. The van der Waals surface area contributed by atoms with Crippen LogP contribution in [-0.4, -0.2) is 5.11 Å². The van der Waals surface area contributed by atoms with E-state index in [2.05, 4.69) is 10.6 Å². The highest BCUT2D eigenvalue weighted by atomic mass is 32.1. The van der Waals surface area contributed by atoms with Gasteiger partial charge in [-0.3, -0.25) is 0 Å². The highest BCUT2D eigenvalue weighted by Crippen LogP contribution is 2.27. The number of halogens is 1. The summed E-state index contributed by atoms with van der Waals surface area (Å²) in [4.78, 5) is 0. The standard InChI is InChI=1S/C21H20FN3S/c22-17-13-7-8-14-18(17)24-21(26)25-20(16-11-5-2-6-12-16)19(23)15-9-3-1-4-10-15/h1-14,19-20H,23H2,(H2,24,25,26). The maximum Gasteiger partial charge on any atom is 0.171 e. The molecule has 0 aliphatic carbocycles. The van der Waals surface area contributed by atoms with Gasteiger partial charge < -0.3 is 16.4 Å². The zero-order chi connectivity index (χ0) is 18.4. The van der Waals surface area contributed by atoms with Gasteiger partial charge in [-0.2, -0.15) is 0 Å². The lowest BCUT2D eigenvalue weighted by molar-refractivity contribution is 0.527. The molecule has 0 amide bonds. The Morgan fingerprint density at radius 1 is 0.808 bits per heavy atom. The molecule has 2 unspecified atom stereocenters. The van der Waals surface area contributed by atoms with Crippen molar-refractivity contribution in [1.82, 2.24) is 5.32 Å². The maximum absolute atomic E-state index is 13.9. The van der Waals surface area contributed by atoms with Gasteiger partial charge in [0.15, 0.2) is 5.11 Å². The lowest BCUT2D eigenvalue weighted by Gasteiger charge is -2.27. The molecule has 3 aromatic rings. The molecular formula is C21H20FN3S. The number of rotatable bonds is 5. The Kier molecular flexibility index (Phi) is 5.94. The average molecular weight is 365 g/mol. The fraction of sp³-hybridized carbons (Fsp3) is 0.0952. The Labute approximate surface area is 158 Å². The number of thiocarbonyl (C=S) groups is 1. The van der Waals surface area contributed by atoms with Gasteiger partial charge in [0.05, 0.1) is 17.8 Å². The monoisotopic (exact) mass is 365 g/mol. The van der Waals surface area contributed by atoms with E-state index in [-0.39, 0.29) is 17.9 Å². The maximum atomic E-state index is 13.9. The predicted molar refractivity (Wildman–Crippen MR) is 108 cm³/mol. The Balaban J connectivity index is 1.82. The van der Waals surface area contributed by atoms with Gasteiger partial charge >= 0.3 is 0 Å². The van der Waals surface area contributed by atoms with Crippen LogP contribution in [0.4, 0.5) is 10.1 Å². The highest BCUT2D eigenvalue weighted by molar-refractivity contribution is 7.80. The zero-order valence-electron chi connectivity index (χ0n) is 14.1. The van der Waals surface area contributed by atoms with E-state index in [0.29, 0.717) is 10.8 Å². The summed E-state index contributed by atoms with van der Waals surface area (Å²) in [6, 6.07) is 25.5. The summed E-state index contributed by atoms with van der Waals surface area (Å²) in [5.74, 6) is -0.361. The molecule has 2 atom stereocenters. The molecule has 3 aromatic carbocycles. The van der Waals surface area contributed by atoms with Crippen molar-refractivity contribution in [2.75, 3.05) is 5.32 Å². The molecule has 3 rings (SSSR count). The van der Waals surface area contributed by atoms with Crippen LogP contribution >= 0.6 is 12.2 Å². The van der Waals surface area contributed by atoms with E-state index >= 15 is 0 Å². The molecular weight excluding hydrogens is 345 g/mol. The molecule has 4 N–H and O–H groups in total. The van der Waals surface area contributed by atoms with Crippen molar-refractivity contribution in [1.29, 1.82) is 0 Å². The van der Waals surface area contributed by atoms with Crippen LogP contribution < -0.4 is 16.4 Å². The normalized spacial score (nSPS) is 12.8. The van der Waals surface area contributed by atoms with Gasteiger partial charge in [-0.15, -0.1) is 0 Å². The van der Waals surface area contributed by atoms with Crippen LogP contribution in [0.15, 0.2) is 84.9 Å². The molecule has 3 nitrogen and oxygen atoms in total. The lowest BCUT2D eigenvalue weighted by Crippen LogP contribution is -2.38. The number of para-hydroxylation sites is 1. The quantitative estimate of drug-likeness (QED) is 0.581. The third-order valence-electron chi connectivity index (χ3n) is 4.11. The molecule has 26 heavy (non-hydrogen) atoms. The summed E-state index contributed by atoms with van der Waals surface area (Å²) in [7, 11) is 0. The third-order valence-corrected chi connectivity index (χ3v) is 4.33. The number of nitrogens with one attached hydrogen (secondary N) is 2. The van der Waals surface area contributed by atoms with E-state index < -0.39 is 0 Å². The van der Waals surface area contributed by atoms with Crippen LogP contribution in [0, 0.1) is 5.82 Å². The van der Waals surface area contributed by atoms with Crippen molar-refractivity contribution >= 4 is 23.0 Å². The fourth-order valence-corrected chi connectivity index (χ4v) is 3.01. The molecule has 0 heterocycles. The van der Waals surface area contributed by atoms with Gasteiger partial charge in [0, 0.05) is 0 Å². The van der Waals surface area contributed by atoms with Crippen LogP contribution in [0.2, 0.25) is 0 Å². The van der Waals surface area contributed by atoms with Gasteiger partial charge in [0.2, 0.25) is 0 Å².